The van der Waals surface area contributed by atoms with Crippen molar-refractivity contribution in [1.29, 1.82) is 0 Å². The Labute approximate surface area is 158 Å². The number of halogens is 1. The second-order valence-corrected chi connectivity index (χ2v) is 7.82. The standard InChI is InChI=1S/C20H24ClN3O2/c1-13(2)19-22-16-12-24(10-7-18(16)26-19)20(25)14-5-6-17(15(21)11-14)23-8-3-4-9-23/h5-6,11,13H,3-4,7-10,12H2,1-2H3. The molecule has 1 aromatic heterocycles. The highest BCUT2D eigenvalue weighted by Crippen LogP contribution is 2.31. The molecule has 26 heavy (non-hydrogen) atoms. The number of oxazole rings is 1. The van der Waals surface area contributed by atoms with Crippen LogP contribution in [0.4, 0.5) is 5.69 Å². The summed E-state index contributed by atoms with van der Waals surface area (Å²) in [6.07, 6.45) is 3.10. The van der Waals surface area contributed by atoms with E-state index in [1.807, 2.05) is 17.0 Å². The molecule has 0 atom stereocenters. The van der Waals surface area contributed by atoms with Crippen molar-refractivity contribution in [3.05, 3.63) is 46.1 Å². The Morgan fingerprint density at radius 3 is 2.69 bits per heavy atom. The van der Waals surface area contributed by atoms with Gasteiger partial charge in [0.15, 0.2) is 5.89 Å². The molecule has 1 saturated heterocycles. The topological polar surface area (TPSA) is 49.6 Å². The van der Waals surface area contributed by atoms with Crippen molar-refractivity contribution in [2.75, 3.05) is 24.5 Å². The Balaban J connectivity index is 1.51. The maximum atomic E-state index is 12.9. The van der Waals surface area contributed by atoms with E-state index in [9.17, 15) is 4.79 Å². The molecule has 0 spiro atoms. The van der Waals surface area contributed by atoms with Crippen molar-refractivity contribution >= 4 is 23.2 Å². The molecule has 5 nitrogen and oxygen atoms in total. The van der Waals surface area contributed by atoms with Gasteiger partial charge in [-0.25, -0.2) is 4.98 Å². The molecule has 138 valence electrons. The normalized spacial score (nSPS) is 17.1. The zero-order valence-corrected chi connectivity index (χ0v) is 16.1. The van der Waals surface area contributed by atoms with E-state index in [2.05, 4.69) is 23.7 Å². The Morgan fingerprint density at radius 1 is 1.23 bits per heavy atom. The molecule has 4 rings (SSSR count). The van der Waals surface area contributed by atoms with E-state index < -0.39 is 0 Å². The van der Waals surface area contributed by atoms with Gasteiger partial charge in [-0.1, -0.05) is 25.4 Å². The predicted octanol–water partition coefficient (Wildman–Crippen LogP) is 4.25. The third-order valence-corrected chi connectivity index (χ3v) is 5.47. The lowest BCUT2D eigenvalue weighted by molar-refractivity contribution is 0.0728. The number of aromatic nitrogens is 1. The number of hydrogen-bond donors (Lipinski definition) is 0. The first-order chi connectivity index (χ1) is 12.5. The van der Waals surface area contributed by atoms with E-state index in [0.717, 1.165) is 36.1 Å². The highest BCUT2D eigenvalue weighted by atomic mass is 35.5. The van der Waals surface area contributed by atoms with Gasteiger partial charge in [0.05, 0.1) is 17.3 Å². The van der Waals surface area contributed by atoms with Crippen LogP contribution in [0.2, 0.25) is 5.02 Å². The molecule has 0 bridgehead atoms. The van der Waals surface area contributed by atoms with Gasteiger partial charge < -0.3 is 14.2 Å². The fourth-order valence-electron chi connectivity index (χ4n) is 3.68. The quantitative estimate of drug-likeness (QED) is 0.807. The highest BCUT2D eigenvalue weighted by Gasteiger charge is 2.27. The molecule has 0 aliphatic carbocycles. The van der Waals surface area contributed by atoms with Gasteiger partial charge in [0.2, 0.25) is 0 Å². The van der Waals surface area contributed by atoms with Crippen LogP contribution in [0.3, 0.4) is 0 Å². The number of carbonyl (C=O) groups excluding carboxylic acids is 1. The number of hydrogen-bond acceptors (Lipinski definition) is 4. The molecule has 6 heteroatoms. The van der Waals surface area contributed by atoms with Crippen molar-refractivity contribution in [3.63, 3.8) is 0 Å². The number of benzene rings is 1. The summed E-state index contributed by atoms with van der Waals surface area (Å²) in [5, 5.41) is 0.652. The first-order valence-electron chi connectivity index (χ1n) is 9.35. The van der Waals surface area contributed by atoms with Gasteiger partial charge in [-0.05, 0) is 31.0 Å². The number of rotatable bonds is 3. The van der Waals surface area contributed by atoms with Gasteiger partial charge in [0.25, 0.3) is 5.91 Å². The zero-order valence-electron chi connectivity index (χ0n) is 15.3. The van der Waals surface area contributed by atoms with Crippen molar-refractivity contribution < 1.29 is 9.21 Å². The third kappa shape index (κ3) is 3.20. The lowest BCUT2D eigenvalue weighted by Gasteiger charge is -2.26. The second kappa shape index (κ2) is 6.95. The van der Waals surface area contributed by atoms with E-state index in [1.165, 1.54) is 12.8 Å². The summed E-state index contributed by atoms with van der Waals surface area (Å²) >= 11 is 6.47. The fraction of sp³-hybridized carbons (Fsp3) is 0.500. The predicted molar refractivity (Wildman–Crippen MR) is 102 cm³/mol. The zero-order chi connectivity index (χ0) is 18.3. The molecule has 2 aliphatic heterocycles. The summed E-state index contributed by atoms with van der Waals surface area (Å²) in [7, 11) is 0. The summed E-state index contributed by atoms with van der Waals surface area (Å²) in [5.41, 5.74) is 2.54. The molecule has 0 N–H and O–H groups in total. The van der Waals surface area contributed by atoms with Crippen LogP contribution in [0.25, 0.3) is 0 Å². The van der Waals surface area contributed by atoms with E-state index in [0.29, 0.717) is 30.1 Å². The van der Waals surface area contributed by atoms with Crippen LogP contribution in [0.15, 0.2) is 22.6 Å². The molecule has 2 aromatic rings. The maximum absolute atomic E-state index is 12.9. The highest BCUT2D eigenvalue weighted by molar-refractivity contribution is 6.33. The number of amides is 1. The Morgan fingerprint density at radius 2 is 2.00 bits per heavy atom. The van der Waals surface area contributed by atoms with Crippen molar-refractivity contribution in [2.45, 2.75) is 45.6 Å². The molecule has 3 heterocycles. The average Bonchev–Trinajstić information content (AvgIpc) is 3.29. The van der Waals surface area contributed by atoms with Crippen molar-refractivity contribution in [3.8, 4) is 0 Å². The number of fused-ring (bicyclic) bond motifs is 1. The van der Waals surface area contributed by atoms with Gasteiger partial charge >= 0.3 is 0 Å². The van der Waals surface area contributed by atoms with Crippen LogP contribution in [0, 0.1) is 0 Å². The molecule has 0 radical (unpaired) electrons. The van der Waals surface area contributed by atoms with Gasteiger partial charge in [0.1, 0.15) is 11.5 Å². The SMILES string of the molecule is CC(C)c1nc2c(o1)CCN(C(=O)c1ccc(N3CCCC3)c(Cl)c1)C2. The third-order valence-electron chi connectivity index (χ3n) is 5.17. The van der Waals surface area contributed by atoms with E-state index in [-0.39, 0.29) is 11.8 Å². The van der Waals surface area contributed by atoms with Gasteiger partial charge in [-0.2, -0.15) is 0 Å². The van der Waals surface area contributed by atoms with Crippen LogP contribution in [-0.2, 0) is 13.0 Å². The van der Waals surface area contributed by atoms with Crippen LogP contribution >= 0.6 is 11.6 Å². The minimum atomic E-state index is -0.000353. The second-order valence-electron chi connectivity index (χ2n) is 7.41. The van der Waals surface area contributed by atoms with E-state index in [4.69, 9.17) is 16.0 Å². The summed E-state index contributed by atoms with van der Waals surface area (Å²) in [4.78, 5) is 21.6. The average molecular weight is 374 g/mol. The smallest absolute Gasteiger partial charge is 0.254 e. The first kappa shape index (κ1) is 17.4. The minimum absolute atomic E-state index is 0.000353. The van der Waals surface area contributed by atoms with Crippen LogP contribution in [0.1, 0.15) is 60.3 Å². The molecular weight excluding hydrogens is 350 g/mol. The minimum Gasteiger partial charge on any atom is -0.445 e. The summed E-state index contributed by atoms with van der Waals surface area (Å²) in [6.45, 7) is 7.33. The number of anilines is 1. The Hall–Kier alpha value is -2.01. The van der Waals surface area contributed by atoms with Crippen LogP contribution in [0.5, 0.6) is 0 Å². The van der Waals surface area contributed by atoms with Gasteiger partial charge in [-0.3, -0.25) is 4.79 Å². The molecule has 2 aliphatic rings. The molecular formula is C20H24ClN3O2. The van der Waals surface area contributed by atoms with Gasteiger partial charge in [0, 0.05) is 37.5 Å². The Kier molecular flexibility index (Phi) is 4.65. The van der Waals surface area contributed by atoms with Crippen molar-refractivity contribution in [2.24, 2.45) is 0 Å². The summed E-state index contributed by atoms with van der Waals surface area (Å²) in [6, 6.07) is 5.67. The monoisotopic (exact) mass is 373 g/mol. The summed E-state index contributed by atoms with van der Waals surface area (Å²) < 4.78 is 5.82. The molecule has 1 fully saturated rings. The van der Waals surface area contributed by atoms with Crippen LogP contribution in [-0.4, -0.2) is 35.4 Å². The van der Waals surface area contributed by atoms with Gasteiger partial charge in [-0.15, -0.1) is 0 Å². The maximum Gasteiger partial charge on any atom is 0.254 e. The lowest BCUT2D eigenvalue weighted by Crippen LogP contribution is -2.35. The number of carbonyl (C=O) groups is 1. The number of nitrogens with zero attached hydrogens (tertiary/aromatic N) is 3. The summed E-state index contributed by atoms with van der Waals surface area (Å²) in [5.74, 6) is 1.92. The van der Waals surface area contributed by atoms with E-state index >= 15 is 0 Å². The van der Waals surface area contributed by atoms with Crippen LogP contribution < -0.4 is 4.90 Å². The molecule has 1 aromatic carbocycles. The lowest BCUT2D eigenvalue weighted by atomic mass is 10.1. The van der Waals surface area contributed by atoms with E-state index in [1.54, 1.807) is 6.07 Å². The molecule has 0 unspecified atom stereocenters. The Bertz CT molecular complexity index is 824. The largest absolute Gasteiger partial charge is 0.445 e. The molecule has 1 amide bonds. The van der Waals surface area contributed by atoms with Crippen molar-refractivity contribution in [1.82, 2.24) is 9.88 Å². The first-order valence-corrected chi connectivity index (χ1v) is 9.73. The molecule has 0 saturated carbocycles. The fourth-order valence-corrected chi connectivity index (χ4v) is 3.98.